The molecule has 0 fully saturated rings. The van der Waals surface area contributed by atoms with Crippen molar-refractivity contribution in [2.24, 2.45) is 0 Å². The third-order valence-electron chi connectivity index (χ3n) is 7.73. The van der Waals surface area contributed by atoms with Gasteiger partial charge in [-0.1, -0.05) is 146 Å². The van der Waals surface area contributed by atoms with Gasteiger partial charge in [0.05, 0.1) is 11.9 Å². The second-order valence-corrected chi connectivity index (χ2v) is 10.6. The van der Waals surface area contributed by atoms with Crippen LogP contribution in [0.15, 0.2) is 158 Å². The summed E-state index contributed by atoms with van der Waals surface area (Å²) in [5.74, 6) is -3.77. The van der Waals surface area contributed by atoms with E-state index in [-0.39, 0.29) is 53.9 Å². The van der Waals surface area contributed by atoms with Gasteiger partial charge in [0.15, 0.2) is 0 Å². The van der Waals surface area contributed by atoms with E-state index in [9.17, 15) is 30.0 Å². The number of carbonyl (C=O) groups excluding carboxylic acids is 2. The minimum absolute atomic E-state index is 0. The van der Waals surface area contributed by atoms with Crippen LogP contribution in [0.3, 0.4) is 0 Å². The number of carboxylic acids is 2. The van der Waals surface area contributed by atoms with Crippen LogP contribution in [0.25, 0.3) is 0 Å². The van der Waals surface area contributed by atoms with Crippen molar-refractivity contribution in [2.75, 3.05) is 0 Å². The first-order valence-electron chi connectivity index (χ1n) is 14.6. The molecule has 228 valence electrons. The van der Waals surface area contributed by atoms with Crippen LogP contribution in [0.5, 0.6) is 11.5 Å². The van der Waals surface area contributed by atoms with E-state index in [1.807, 2.05) is 121 Å². The monoisotopic (exact) mass is 670 g/mol. The van der Waals surface area contributed by atoms with E-state index >= 15 is 0 Å². The molecular formula is C40H30O6Zn. The molecule has 6 nitrogen and oxygen atoms in total. The maximum absolute atomic E-state index is 11.2. The predicted octanol–water partition coefficient (Wildman–Crippen LogP) is 5.87. The summed E-state index contributed by atoms with van der Waals surface area (Å²) < 4.78 is 0. The second kappa shape index (κ2) is 16.2. The Morgan fingerprint density at radius 1 is 0.404 bits per heavy atom. The standard InChI is InChI=1S/2C20H16O3.Zn/c2*21-19-16(12-7-13-17(19)20(22)23)18(14-8-3-1-4-9-14)15-10-5-2-6-11-15;/h2*1-13,18,21H,(H,22,23);/q;;+2/p-2. The average Bonchev–Trinajstić information content (AvgIpc) is 3.08. The summed E-state index contributed by atoms with van der Waals surface area (Å²) in [7, 11) is 0. The number of benzene rings is 6. The number of carbonyl (C=O) groups is 2. The molecule has 0 bridgehead atoms. The molecular weight excluding hydrogens is 642 g/mol. The Morgan fingerprint density at radius 2 is 0.660 bits per heavy atom. The fraction of sp³-hybridized carbons (Fsp3) is 0.0500. The van der Waals surface area contributed by atoms with Crippen molar-refractivity contribution in [3.05, 3.63) is 202 Å². The van der Waals surface area contributed by atoms with Crippen molar-refractivity contribution in [3.8, 4) is 11.5 Å². The normalized spacial score (nSPS) is 10.4. The van der Waals surface area contributed by atoms with Gasteiger partial charge >= 0.3 is 19.5 Å². The van der Waals surface area contributed by atoms with E-state index in [2.05, 4.69) is 0 Å². The maximum atomic E-state index is 11.2. The first kappa shape index (κ1) is 34.4. The van der Waals surface area contributed by atoms with Gasteiger partial charge in [-0.3, -0.25) is 0 Å². The van der Waals surface area contributed by atoms with Crippen LogP contribution >= 0.6 is 0 Å². The fourth-order valence-corrected chi connectivity index (χ4v) is 5.60. The number of rotatable bonds is 8. The molecule has 6 rings (SSSR count). The van der Waals surface area contributed by atoms with Crippen LogP contribution in [0.1, 0.15) is 65.9 Å². The molecule has 0 atom stereocenters. The molecule has 6 aromatic carbocycles. The van der Waals surface area contributed by atoms with Gasteiger partial charge in [0, 0.05) is 34.1 Å². The summed E-state index contributed by atoms with van der Waals surface area (Å²) in [4.78, 5) is 22.4. The van der Waals surface area contributed by atoms with Crippen LogP contribution in [0.2, 0.25) is 0 Å². The van der Waals surface area contributed by atoms with E-state index in [0.717, 1.165) is 22.3 Å². The molecule has 0 unspecified atom stereocenters. The molecule has 0 aliphatic carbocycles. The molecule has 0 aliphatic heterocycles. The van der Waals surface area contributed by atoms with Crippen LogP contribution in [-0.2, 0) is 19.5 Å². The maximum Gasteiger partial charge on any atom is 2.00 e. The fourth-order valence-electron chi connectivity index (χ4n) is 5.60. The first-order valence-corrected chi connectivity index (χ1v) is 14.6. The van der Waals surface area contributed by atoms with Gasteiger partial charge < -0.3 is 30.0 Å². The van der Waals surface area contributed by atoms with Crippen molar-refractivity contribution in [2.45, 2.75) is 11.8 Å². The molecule has 0 heterocycles. The van der Waals surface area contributed by atoms with Crippen molar-refractivity contribution < 1.29 is 49.5 Å². The summed E-state index contributed by atoms with van der Waals surface area (Å²) in [6.07, 6.45) is 0. The van der Waals surface area contributed by atoms with E-state index in [0.29, 0.717) is 11.1 Å². The third kappa shape index (κ3) is 8.02. The van der Waals surface area contributed by atoms with Crippen molar-refractivity contribution >= 4 is 11.9 Å². The molecule has 0 aromatic heterocycles. The Labute approximate surface area is 286 Å². The third-order valence-corrected chi connectivity index (χ3v) is 7.73. The Bertz CT molecular complexity index is 1690. The van der Waals surface area contributed by atoms with E-state index < -0.39 is 11.9 Å². The quantitative estimate of drug-likeness (QED) is 0.154. The van der Waals surface area contributed by atoms with Crippen LogP contribution in [0, 0.1) is 0 Å². The number of para-hydroxylation sites is 2. The van der Waals surface area contributed by atoms with Gasteiger partial charge in [0.2, 0.25) is 0 Å². The van der Waals surface area contributed by atoms with Gasteiger partial charge in [0.1, 0.15) is 11.5 Å². The minimum Gasteiger partial charge on any atom is -0.545 e. The molecule has 0 saturated heterocycles. The molecule has 7 heteroatoms. The number of hydrogen-bond donors (Lipinski definition) is 2. The van der Waals surface area contributed by atoms with Crippen LogP contribution in [-0.4, -0.2) is 22.2 Å². The molecule has 0 saturated carbocycles. The zero-order chi connectivity index (χ0) is 32.5. The number of phenols is 2. The number of aromatic hydroxyl groups is 2. The number of hydrogen-bond acceptors (Lipinski definition) is 6. The Balaban J connectivity index is 0.000000208. The summed E-state index contributed by atoms with van der Waals surface area (Å²) in [5.41, 5.74) is 4.61. The Kier molecular flexibility index (Phi) is 11.8. The SMILES string of the molecule is O=C([O-])c1cccc(C(c2ccccc2)c2ccccc2)c1O.O=C([O-])c1cccc(C(c2ccccc2)c2ccccc2)c1O.[Zn+2]. The van der Waals surface area contributed by atoms with Crippen LogP contribution in [0.4, 0.5) is 0 Å². The van der Waals surface area contributed by atoms with Gasteiger partial charge in [-0.25, -0.2) is 0 Å². The second-order valence-electron chi connectivity index (χ2n) is 10.6. The first-order chi connectivity index (χ1) is 22.4. The van der Waals surface area contributed by atoms with E-state index in [1.54, 1.807) is 24.3 Å². The zero-order valence-electron chi connectivity index (χ0n) is 25.4. The van der Waals surface area contributed by atoms with Crippen molar-refractivity contribution in [1.29, 1.82) is 0 Å². The summed E-state index contributed by atoms with van der Waals surface area (Å²) >= 11 is 0. The molecule has 0 amide bonds. The smallest absolute Gasteiger partial charge is 0.545 e. The molecule has 0 aliphatic rings. The molecule has 0 spiro atoms. The predicted molar refractivity (Wildman–Crippen MR) is 173 cm³/mol. The van der Waals surface area contributed by atoms with Gasteiger partial charge in [0.25, 0.3) is 0 Å². The minimum atomic E-state index is -1.38. The number of aromatic carboxylic acids is 2. The van der Waals surface area contributed by atoms with Crippen molar-refractivity contribution in [3.63, 3.8) is 0 Å². The zero-order valence-corrected chi connectivity index (χ0v) is 28.4. The topological polar surface area (TPSA) is 121 Å². The van der Waals surface area contributed by atoms with Gasteiger partial charge in [-0.2, -0.15) is 0 Å². The molecule has 0 radical (unpaired) electrons. The van der Waals surface area contributed by atoms with Crippen molar-refractivity contribution in [1.82, 2.24) is 0 Å². The van der Waals surface area contributed by atoms with Crippen LogP contribution < -0.4 is 10.2 Å². The van der Waals surface area contributed by atoms with E-state index in [4.69, 9.17) is 0 Å². The average molecular weight is 672 g/mol. The molecule has 6 aromatic rings. The largest absolute Gasteiger partial charge is 2.00 e. The summed E-state index contributed by atoms with van der Waals surface area (Å²) in [6.45, 7) is 0. The molecule has 47 heavy (non-hydrogen) atoms. The summed E-state index contributed by atoms with van der Waals surface area (Å²) in [5, 5.41) is 43.3. The van der Waals surface area contributed by atoms with Gasteiger partial charge in [-0.05, 0) is 34.4 Å². The van der Waals surface area contributed by atoms with E-state index in [1.165, 1.54) is 12.1 Å². The Hall–Kier alpha value is -5.52. The number of carboxylic acid groups (broad SMARTS) is 2. The molecule has 2 N–H and O–H groups in total. The Morgan fingerprint density at radius 3 is 0.894 bits per heavy atom. The van der Waals surface area contributed by atoms with Gasteiger partial charge in [-0.15, -0.1) is 0 Å². The summed E-state index contributed by atoms with van der Waals surface area (Å²) in [6, 6.07) is 48.2.